The number of hydrogen-bond donors (Lipinski definition) is 3. The topological polar surface area (TPSA) is 99.6 Å². The van der Waals surface area contributed by atoms with Gasteiger partial charge in [-0.05, 0) is 61.7 Å². The standard InChI is InChI=1S/C26H30ClN5O3S/c1-35-24-12-29-19-6-5-18(27)25(26(19)31-24)21(33)14-32-8-2-3-17(13-32)11-28-10-16-4-7-22-20(9-16)30-23(34)15-36-22/h4-7,9,12,17,21,28,33H,2-3,8,10-11,13-15H2,1H3,(H,30,34). The summed E-state index contributed by atoms with van der Waals surface area (Å²) in [5, 5.41) is 18.2. The van der Waals surface area contributed by atoms with Gasteiger partial charge in [-0.1, -0.05) is 17.7 Å². The summed E-state index contributed by atoms with van der Waals surface area (Å²) in [6.45, 7) is 3.96. The number of aromatic nitrogens is 2. The molecule has 3 aromatic rings. The number of piperidine rings is 1. The molecule has 2 aromatic carbocycles. The fourth-order valence-electron chi connectivity index (χ4n) is 4.95. The van der Waals surface area contributed by atoms with Crippen molar-refractivity contribution in [3.05, 3.63) is 52.7 Å². The maximum atomic E-state index is 11.7. The first-order chi connectivity index (χ1) is 17.5. The highest BCUT2D eigenvalue weighted by molar-refractivity contribution is 8.00. The first-order valence-corrected chi connectivity index (χ1v) is 13.5. The van der Waals surface area contributed by atoms with Gasteiger partial charge in [-0.15, -0.1) is 11.8 Å². The van der Waals surface area contributed by atoms with E-state index in [1.165, 1.54) is 0 Å². The predicted octanol–water partition coefficient (Wildman–Crippen LogP) is 3.87. The summed E-state index contributed by atoms with van der Waals surface area (Å²) in [7, 11) is 1.54. The zero-order valence-corrected chi connectivity index (χ0v) is 21.7. The number of aliphatic hydroxyl groups is 1. The lowest BCUT2D eigenvalue weighted by Crippen LogP contribution is -2.41. The Kier molecular flexibility index (Phi) is 7.93. The highest BCUT2D eigenvalue weighted by Gasteiger charge is 2.25. The first-order valence-electron chi connectivity index (χ1n) is 12.2. The van der Waals surface area contributed by atoms with E-state index in [0.717, 1.165) is 55.2 Å². The number of halogens is 1. The number of nitrogens with zero attached hydrogens (tertiary/aromatic N) is 3. The van der Waals surface area contributed by atoms with E-state index in [1.807, 2.05) is 0 Å². The van der Waals surface area contributed by atoms with Crippen LogP contribution in [0, 0.1) is 5.92 Å². The summed E-state index contributed by atoms with van der Waals surface area (Å²) >= 11 is 8.08. The Bertz CT molecular complexity index is 1260. The Morgan fingerprint density at radius 2 is 2.25 bits per heavy atom. The second-order valence-electron chi connectivity index (χ2n) is 9.32. The van der Waals surface area contributed by atoms with Crippen LogP contribution in [-0.4, -0.2) is 64.9 Å². The van der Waals surface area contributed by atoms with Crippen molar-refractivity contribution in [3.8, 4) is 5.88 Å². The van der Waals surface area contributed by atoms with Crippen molar-refractivity contribution >= 4 is 46.0 Å². The Hall–Kier alpha value is -2.43. The van der Waals surface area contributed by atoms with Gasteiger partial charge in [-0.3, -0.25) is 4.79 Å². The zero-order chi connectivity index (χ0) is 25.1. The number of rotatable bonds is 8. The van der Waals surface area contributed by atoms with Gasteiger partial charge in [0.25, 0.3) is 0 Å². The number of β-amino-alcohol motifs (C(OH)–C–C–N with tert-alkyl or cyclic N) is 1. The van der Waals surface area contributed by atoms with Crippen LogP contribution in [0.25, 0.3) is 11.0 Å². The molecule has 2 aliphatic rings. The molecular formula is C26H30ClN5O3S. The summed E-state index contributed by atoms with van der Waals surface area (Å²) in [6.07, 6.45) is 3.01. The number of fused-ring (bicyclic) bond motifs is 2. The van der Waals surface area contributed by atoms with Gasteiger partial charge in [-0.2, -0.15) is 0 Å². The second-order valence-corrected chi connectivity index (χ2v) is 10.7. The number of anilines is 1. The molecular weight excluding hydrogens is 498 g/mol. The summed E-state index contributed by atoms with van der Waals surface area (Å²) in [6, 6.07) is 9.82. The van der Waals surface area contributed by atoms with Gasteiger partial charge in [0.15, 0.2) is 0 Å². The average Bonchev–Trinajstić information content (AvgIpc) is 2.88. The van der Waals surface area contributed by atoms with Crippen LogP contribution in [0.5, 0.6) is 5.88 Å². The highest BCUT2D eigenvalue weighted by Crippen LogP contribution is 2.33. The largest absolute Gasteiger partial charge is 0.480 e. The van der Waals surface area contributed by atoms with Crippen molar-refractivity contribution in [1.29, 1.82) is 0 Å². The smallest absolute Gasteiger partial charge is 0.234 e. The number of likely N-dealkylation sites (tertiary alicyclic amines) is 1. The number of benzene rings is 2. The Balaban J connectivity index is 1.18. The molecule has 1 saturated heterocycles. The van der Waals surface area contributed by atoms with Gasteiger partial charge >= 0.3 is 0 Å². The zero-order valence-electron chi connectivity index (χ0n) is 20.2. The van der Waals surface area contributed by atoms with Gasteiger partial charge in [-0.25, -0.2) is 9.97 Å². The molecule has 3 heterocycles. The van der Waals surface area contributed by atoms with E-state index in [4.69, 9.17) is 16.3 Å². The lowest BCUT2D eigenvalue weighted by molar-refractivity contribution is -0.113. The molecule has 5 rings (SSSR count). The van der Waals surface area contributed by atoms with Crippen LogP contribution in [0.3, 0.4) is 0 Å². The molecule has 190 valence electrons. The first kappa shape index (κ1) is 25.2. The molecule has 2 atom stereocenters. The van der Waals surface area contributed by atoms with E-state index in [0.29, 0.717) is 45.7 Å². The number of aliphatic hydroxyl groups excluding tert-OH is 1. The van der Waals surface area contributed by atoms with Crippen molar-refractivity contribution in [3.63, 3.8) is 0 Å². The molecule has 0 aliphatic carbocycles. The van der Waals surface area contributed by atoms with Crippen molar-refractivity contribution in [1.82, 2.24) is 20.2 Å². The van der Waals surface area contributed by atoms with Crippen LogP contribution in [0.4, 0.5) is 5.69 Å². The van der Waals surface area contributed by atoms with Crippen LogP contribution >= 0.6 is 23.4 Å². The average molecular weight is 528 g/mol. The molecule has 1 amide bonds. The highest BCUT2D eigenvalue weighted by atomic mass is 35.5. The van der Waals surface area contributed by atoms with Crippen LogP contribution in [-0.2, 0) is 11.3 Å². The van der Waals surface area contributed by atoms with E-state index >= 15 is 0 Å². The fourth-order valence-corrected chi connectivity index (χ4v) is 6.02. The quantitative estimate of drug-likeness (QED) is 0.406. The van der Waals surface area contributed by atoms with Gasteiger partial charge < -0.3 is 25.4 Å². The predicted molar refractivity (Wildman–Crippen MR) is 143 cm³/mol. The van der Waals surface area contributed by atoms with Gasteiger partial charge in [0.05, 0.1) is 36.4 Å². The van der Waals surface area contributed by atoms with Crippen LogP contribution < -0.4 is 15.4 Å². The molecule has 2 aliphatic heterocycles. The Labute approximate surface area is 219 Å². The number of ether oxygens (including phenoxy) is 1. The molecule has 8 nitrogen and oxygen atoms in total. The second kappa shape index (κ2) is 11.3. The van der Waals surface area contributed by atoms with Gasteiger partial charge in [0.2, 0.25) is 11.8 Å². The number of methoxy groups -OCH3 is 1. The van der Waals surface area contributed by atoms with Crippen LogP contribution in [0.2, 0.25) is 5.02 Å². The molecule has 2 unspecified atom stereocenters. The molecule has 1 fully saturated rings. The van der Waals surface area contributed by atoms with Crippen LogP contribution in [0.15, 0.2) is 41.4 Å². The molecule has 1 aromatic heterocycles. The van der Waals surface area contributed by atoms with E-state index < -0.39 is 6.10 Å². The van der Waals surface area contributed by atoms with Gasteiger partial charge in [0.1, 0.15) is 5.52 Å². The van der Waals surface area contributed by atoms with Gasteiger partial charge in [0, 0.05) is 35.1 Å². The monoisotopic (exact) mass is 527 g/mol. The minimum absolute atomic E-state index is 0.0538. The van der Waals surface area contributed by atoms with E-state index in [9.17, 15) is 9.90 Å². The van der Waals surface area contributed by atoms with E-state index in [2.05, 4.69) is 43.7 Å². The van der Waals surface area contributed by atoms with E-state index in [1.54, 1.807) is 37.2 Å². The molecule has 3 N–H and O–H groups in total. The Morgan fingerprint density at radius 3 is 3.11 bits per heavy atom. The lowest BCUT2D eigenvalue weighted by atomic mass is 9.96. The minimum Gasteiger partial charge on any atom is -0.480 e. The molecule has 10 heteroatoms. The summed E-state index contributed by atoms with van der Waals surface area (Å²) in [5.41, 5.74) is 3.91. The van der Waals surface area contributed by atoms with Crippen molar-refractivity contribution < 1.29 is 14.6 Å². The third kappa shape index (κ3) is 5.76. The normalized spacial score (nSPS) is 19.1. The molecule has 0 saturated carbocycles. The number of nitrogens with one attached hydrogen (secondary N) is 2. The molecule has 0 bridgehead atoms. The van der Waals surface area contributed by atoms with E-state index in [-0.39, 0.29) is 5.91 Å². The minimum atomic E-state index is -0.780. The third-order valence-corrected chi connectivity index (χ3v) is 8.10. The van der Waals surface area contributed by atoms with Crippen molar-refractivity contribution in [2.75, 3.05) is 44.4 Å². The fraction of sp³-hybridized carbons (Fsp3) is 0.423. The number of hydrogen-bond acceptors (Lipinski definition) is 8. The number of thioether (sulfide) groups is 1. The SMILES string of the molecule is COc1cnc2ccc(Cl)c(C(O)CN3CCCC(CNCc4ccc5c(c4)NC(=O)CS5)C3)c2n1. The summed E-state index contributed by atoms with van der Waals surface area (Å²) in [5.74, 6) is 1.41. The maximum Gasteiger partial charge on any atom is 0.234 e. The summed E-state index contributed by atoms with van der Waals surface area (Å²) in [4.78, 5) is 24.0. The third-order valence-electron chi connectivity index (χ3n) is 6.69. The Morgan fingerprint density at radius 1 is 1.36 bits per heavy atom. The number of carbonyl (C=O) groups is 1. The van der Waals surface area contributed by atoms with Crippen molar-refractivity contribution in [2.45, 2.75) is 30.4 Å². The van der Waals surface area contributed by atoms with Crippen molar-refractivity contribution in [2.24, 2.45) is 5.92 Å². The maximum absolute atomic E-state index is 11.7. The number of amides is 1. The lowest BCUT2D eigenvalue weighted by Gasteiger charge is -2.34. The summed E-state index contributed by atoms with van der Waals surface area (Å²) < 4.78 is 5.23. The molecule has 0 radical (unpaired) electrons. The molecule has 0 spiro atoms. The van der Waals surface area contributed by atoms with Crippen LogP contribution in [0.1, 0.15) is 30.1 Å². The number of carbonyl (C=O) groups excluding carboxylic acids is 1. The molecule has 36 heavy (non-hydrogen) atoms.